The van der Waals surface area contributed by atoms with Gasteiger partial charge in [0.2, 0.25) is 0 Å². The van der Waals surface area contributed by atoms with E-state index in [-0.39, 0.29) is 0 Å². The molecule has 2 rings (SSSR count). The number of nitrogens with one attached hydrogen (secondary N) is 1. The highest BCUT2D eigenvalue weighted by Gasteiger charge is 2.15. The molecule has 1 atom stereocenters. The molecule has 0 radical (unpaired) electrons. The first-order chi connectivity index (χ1) is 6.36. The van der Waals surface area contributed by atoms with Gasteiger partial charge >= 0.3 is 0 Å². The fourth-order valence-electron chi connectivity index (χ4n) is 1.40. The van der Waals surface area contributed by atoms with Gasteiger partial charge in [-0.2, -0.15) is 0 Å². The fraction of sp³-hybridized carbons (Fsp3) is 0.444. The molecule has 3 nitrogen and oxygen atoms in total. The molecule has 1 aliphatic heterocycles. The van der Waals surface area contributed by atoms with Crippen molar-refractivity contribution >= 4 is 15.9 Å². The van der Waals surface area contributed by atoms with E-state index in [1.54, 1.807) is 6.20 Å². The van der Waals surface area contributed by atoms with E-state index < -0.39 is 0 Å². The van der Waals surface area contributed by atoms with Crippen molar-refractivity contribution in [2.45, 2.75) is 6.04 Å². The van der Waals surface area contributed by atoms with Crippen LogP contribution in [0.2, 0.25) is 0 Å². The number of ether oxygens (including phenoxy) is 1. The lowest BCUT2D eigenvalue weighted by Crippen LogP contribution is -2.34. The molecule has 1 unspecified atom stereocenters. The number of morpholine rings is 1. The second-order valence-electron chi connectivity index (χ2n) is 3.02. The summed E-state index contributed by atoms with van der Waals surface area (Å²) in [5.74, 6) is 0. The number of nitrogens with zero attached hydrogens (tertiary/aromatic N) is 1. The van der Waals surface area contributed by atoms with Crippen LogP contribution in [0, 0.1) is 0 Å². The molecule has 0 amide bonds. The quantitative estimate of drug-likeness (QED) is 0.811. The van der Waals surface area contributed by atoms with Crippen molar-refractivity contribution in [2.24, 2.45) is 0 Å². The van der Waals surface area contributed by atoms with Gasteiger partial charge in [-0.15, -0.1) is 0 Å². The second kappa shape index (κ2) is 4.17. The molecule has 2 heterocycles. The van der Waals surface area contributed by atoms with E-state index in [2.05, 4.69) is 32.3 Å². The molecule has 1 N–H and O–H groups in total. The summed E-state index contributed by atoms with van der Waals surface area (Å²) in [5.41, 5.74) is 1.18. The first-order valence-corrected chi connectivity index (χ1v) is 5.07. The van der Waals surface area contributed by atoms with Crippen LogP contribution in [0.5, 0.6) is 0 Å². The number of halogens is 1. The maximum Gasteiger partial charge on any atom is 0.0662 e. The smallest absolute Gasteiger partial charge is 0.0662 e. The van der Waals surface area contributed by atoms with Gasteiger partial charge in [-0.05, 0) is 27.6 Å². The summed E-state index contributed by atoms with van der Waals surface area (Å²) in [6.45, 7) is 2.45. The van der Waals surface area contributed by atoms with E-state index in [1.165, 1.54) is 5.56 Å². The van der Waals surface area contributed by atoms with Crippen LogP contribution in [-0.4, -0.2) is 24.7 Å². The van der Waals surface area contributed by atoms with Crippen LogP contribution in [-0.2, 0) is 4.74 Å². The maximum atomic E-state index is 5.37. The molecule has 1 aromatic rings. The lowest BCUT2D eigenvalue weighted by atomic mass is 10.1. The van der Waals surface area contributed by atoms with E-state index >= 15 is 0 Å². The Labute approximate surface area is 85.6 Å². The van der Waals surface area contributed by atoms with Gasteiger partial charge in [0, 0.05) is 23.4 Å². The van der Waals surface area contributed by atoms with Crippen molar-refractivity contribution in [1.82, 2.24) is 10.3 Å². The summed E-state index contributed by atoms with van der Waals surface area (Å²) in [6, 6.07) is 2.36. The van der Waals surface area contributed by atoms with Crippen molar-refractivity contribution in [3.05, 3.63) is 28.5 Å². The first kappa shape index (κ1) is 9.12. The number of hydrogen-bond acceptors (Lipinski definition) is 3. The molecule has 4 heteroatoms. The average molecular weight is 243 g/mol. The van der Waals surface area contributed by atoms with Crippen LogP contribution in [0.3, 0.4) is 0 Å². The zero-order chi connectivity index (χ0) is 9.10. The highest BCUT2D eigenvalue weighted by atomic mass is 79.9. The van der Waals surface area contributed by atoms with Crippen LogP contribution in [0.1, 0.15) is 11.6 Å². The molecule has 0 bridgehead atoms. The number of rotatable bonds is 1. The molecule has 0 aromatic carbocycles. The first-order valence-electron chi connectivity index (χ1n) is 4.28. The molecule has 0 aliphatic carbocycles. The van der Waals surface area contributed by atoms with Crippen LogP contribution < -0.4 is 5.32 Å². The Bertz CT molecular complexity index is 287. The van der Waals surface area contributed by atoms with Gasteiger partial charge in [-0.25, -0.2) is 0 Å². The van der Waals surface area contributed by atoms with E-state index in [9.17, 15) is 0 Å². The van der Waals surface area contributed by atoms with Crippen molar-refractivity contribution in [3.8, 4) is 0 Å². The van der Waals surface area contributed by atoms with Crippen molar-refractivity contribution in [1.29, 1.82) is 0 Å². The lowest BCUT2D eigenvalue weighted by Gasteiger charge is -2.23. The highest BCUT2D eigenvalue weighted by Crippen LogP contribution is 2.18. The minimum absolute atomic E-state index is 0.291. The largest absolute Gasteiger partial charge is 0.378 e. The Balaban J connectivity index is 2.14. The Morgan fingerprint density at radius 3 is 3.15 bits per heavy atom. The van der Waals surface area contributed by atoms with Crippen LogP contribution in [0.15, 0.2) is 22.9 Å². The van der Waals surface area contributed by atoms with Crippen LogP contribution in [0.25, 0.3) is 0 Å². The third kappa shape index (κ3) is 2.27. The average Bonchev–Trinajstić information content (AvgIpc) is 2.19. The summed E-state index contributed by atoms with van der Waals surface area (Å²) < 4.78 is 6.38. The third-order valence-electron chi connectivity index (χ3n) is 2.05. The van der Waals surface area contributed by atoms with E-state index in [1.807, 2.05) is 6.20 Å². The van der Waals surface area contributed by atoms with Gasteiger partial charge < -0.3 is 10.1 Å². The predicted octanol–water partition coefficient (Wildman–Crippen LogP) is 1.50. The van der Waals surface area contributed by atoms with Gasteiger partial charge in [0.05, 0.1) is 19.3 Å². The Kier molecular flexibility index (Phi) is 2.93. The van der Waals surface area contributed by atoms with Gasteiger partial charge in [0.1, 0.15) is 0 Å². The fourth-order valence-corrected chi connectivity index (χ4v) is 1.78. The molecule has 1 fully saturated rings. The minimum atomic E-state index is 0.291. The summed E-state index contributed by atoms with van der Waals surface area (Å²) >= 11 is 3.40. The summed E-state index contributed by atoms with van der Waals surface area (Å²) in [5, 5.41) is 3.38. The lowest BCUT2D eigenvalue weighted by molar-refractivity contribution is 0.0767. The highest BCUT2D eigenvalue weighted by molar-refractivity contribution is 9.10. The molecule has 1 aliphatic rings. The molecule has 70 valence electrons. The van der Waals surface area contributed by atoms with E-state index in [0.29, 0.717) is 6.04 Å². The number of hydrogen-bond donors (Lipinski definition) is 1. The monoisotopic (exact) mass is 242 g/mol. The van der Waals surface area contributed by atoms with Gasteiger partial charge in [-0.1, -0.05) is 0 Å². The van der Waals surface area contributed by atoms with E-state index in [4.69, 9.17) is 4.74 Å². The summed E-state index contributed by atoms with van der Waals surface area (Å²) in [6.07, 6.45) is 3.66. The van der Waals surface area contributed by atoms with Gasteiger partial charge in [-0.3, -0.25) is 4.98 Å². The van der Waals surface area contributed by atoms with Gasteiger partial charge in [0.25, 0.3) is 0 Å². The Hall–Kier alpha value is -0.450. The second-order valence-corrected chi connectivity index (χ2v) is 3.93. The predicted molar refractivity (Wildman–Crippen MR) is 53.5 cm³/mol. The molecule has 0 saturated carbocycles. The minimum Gasteiger partial charge on any atom is -0.378 e. The Morgan fingerprint density at radius 1 is 1.54 bits per heavy atom. The number of aromatic nitrogens is 1. The van der Waals surface area contributed by atoms with Crippen LogP contribution in [0.4, 0.5) is 0 Å². The van der Waals surface area contributed by atoms with Crippen LogP contribution >= 0.6 is 15.9 Å². The number of pyridine rings is 1. The Morgan fingerprint density at radius 2 is 2.46 bits per heavy atom. The molecule has 1 aromatic heterocycles. The maximum absolute atomic E-state index is 5.37. The SMILES string of the molecule is Brc1cncc(C2COCCN2)c1. The molecular weight excluding hydrogens is 232 g/mol. The summed E-state index contributed by atoms with van der Waals surface area (Å²) in [4.78, 5) is 4.12. The standard InChI is InChI=1S/C9H11BrN2O/c10-8-3-7(4-11-5-8)9-6-13-2-1-12-9/h3-5,9,12H,1-2,6H2. The zero-order valence-corrected chi connectivity index (χ0v) is 8.75. The molecule has 1 saturated heterocycles. The van der Waals surface area contributed by atoms with Crippen molar-refractivity contribution in [2.75, 3.05) is 19.8 Å². The van der Waals surface area contributed by atoms with Gasteiger partial charge in [0.15, 0.2) is 0 Å². The normalized spacial score (nSPS) is 23.0. The topological polar surface area (TPSA) is 34.1 Å². The third-order valence-corrected chi connectivity index (χ3v) is 2.48. The van der Waals surface area contributed by atoms with Crippen molar-refractivity contribution < 1.29 is 4.74 Å². The zero-order valence-electron chi connectivity index (χ0n) is 7.16. The molecule has 13 heavy (non-hydrogen) atoms. The van der Waals surface area contributed by atoms with E-state index in [0.717, 1.165) is 24.2 Å². The molecule has 0 spiro atoms. The molecular formula is C9H11BrN2O. The summed E-state index contributed by atoms with van der Waals surface area (Å²) in [7, 11) is 0. The van der Waals surface area contributed by atoms with Crippen molar-refractivity contribution in [3.63, 3.8) is 0 Å².